The molecular formula is C12H20BrN3O. The highest BCUT2D eigenvalue weighted by Crippen LogP contribution is 2.17. The Balaban J connectivity index is 2.47. The molecule has 96 valence electrons. The van der Waals surface area contributed by atoms with Crippen molar-refractivity contribution in [3.8, 4) is 0 Å². The smallest absolute Gasteiger partial charge is 0.134 e. The number of hydrogen-bond donors (Lipinski definition) is 2. The van der Waals surface area contributed by atoms with Gasteiger partial charge in [-0.2, -0.15) is 0 Å². The van der Waals surface area contributed by atoms with E-state index in [1.807, 2.05) is 6.07 Å². The predicted molar refractivity (Wildman–Crippen MR) is 73.2 cm³/mol. The molecule has 0 saturated carbocycles. The van der Waals surface area contributed by atoms with Crippen LogP contribution in [-0.2, 0) is 0 Å². The van der Waals surface area contributed by atoms with E-state index in [2.05, 4.69) is 45.1 Å². The molecule has 2 N–H and O–H groups in total. The molecule has 0 fully saturated rings. The van der Waals surface area contributed by atoms with E-state index in [1.54, 1.807) is 0 Å². The lowest BCUT2D eigenvalue weighted by Crippen LogP contribution is -2.07. The van der Waals surface area contributed by atoms with E-state index in [0.717, 1.165) is 42.1 Å². The Morgan fingerprint density at radius 3 is 2.71 bits per heavy atom. The Morgan fingerprint density at radius 2 is 2.06 bits per heavy atom. The van der Waals surface area contributed by atoms with Gasteiger partial charge >= 0.3 is 0 Å². The molecule has 0 aliphatic heterocycles. The van der Waals surface area contributed by atoms with Crippen LogP contribution in [0.4, 0.5) is 5.82 Å². The fourth-order valence-electron chi connectivity index (χ4n) is 1.41. The van der Waals surface area contributed by atoms with Gasteiger partial charge in [-0.1, -0.05) is 13.8 Å². The van der Waals surface area contributed by atoms with Crippen molar-refractivity contribution in [2.24, 2.45) is 0 Å². The highest BCUT2D eigenvalue weighted by atomic mass is 79.9. The van der Waals surface area contributed by atoms with Crippen molar-refractivity contribution >= 4 is 21.7 Å². The van der Waals surface area contributed by atoms with Crippen LogP contribution in [-0.4, -0.2) is 28.2 Å². The molecule has 1 aromatic rings. The minimum atomic E-state index is 0.274. The lowest BCUT2D eigenvalue weighted by atomic mass is 10.2. The van der Waals surface area contributed by atoms with Crippen LogP contribution < -0.4 is 5.32 Å². The summed E-state index contributed by atoms with van der Waals surface area (Å²) in [7, 11) is 0. The average molecular weight is 302 g/mol. The monoisotopic (exact) mass is 301 g/mol. The third-order valence-corrected chi connectivity index (χ3v) is 2.78. The molecule has 0 atom stereocenters. The minimum absolute atomic E-state index is 0.274. The van der Waals surface area contributed by atoms with Gasteiger partial charge in [-0.25, -0.2) is 9.97 Å². The van der Waals surface area contributed by atoms with Crippen LogP contribution in [0.1, 0.15) is 44.9 Å². The van der Waals surface area contributed by atoms with E-state index in [1.165, 1.54) is 0 Å². The molecule has 0 bridgehead atoms. The molecule has 0 aliphatic carbocycles. The molecule has 0 radical (unpaired) electrons. The molecule has 0 aromatic carbocycles. The number of anilines is 1. The Bertz CT molecular complexity index is 345. The van der Waals surface area contributed by atoms with Crippen LogP contribution in [0.2, 0.25) is 0 Å². The SMILES string of the molecule is CC(C)c1nc(Br)cc(NCCCCCO)n1. The highest BCUT2D eigenvalue weighted by molar-refractivity contribution is 9.10. The zero-order valence-electron chi connectivity index (χ0n) is 10.4. The second kappa shape index (κ2) is 7.61. The largest absolute Gasteiger partial charge is 0.396 e. The number of unbranched alkanes of at least 4 members (excludes halogenated alkanes) is 2. The molecule has 1 rings (SSSR count). The van der Waals surface area contributed by atoms with Gasteiger partial charge in [-0.15, -0.1) is 0 Å². The van der Waals surface area contributed by atoms with Crippen LogP contribution in [0.3, 0.4) is 0 Å². The van der Waals surface area contributed by atoms with Gasteiger partial charge in [0.2, 0.25) is 0 Å². The summed E-state index contributed by atoms with van der Waals surface area (Å²) in [6, 6.07) is 1.89. The van der Waals surface area contributed by atoms with Gasteiger partial charge in [0.1, 0.15) is 16.2 Å². The zero-order valence-corrected chi connectivity index (χ0v) is 12.0. The van der Waals surface area contributed by atoms with E-state index in [0.29, 0.717) is 5.92 Å². The first kappa shape index (κ1) is 14.4. The van der Waals surface area contributed by atoms with Crippen LogP contribution in [0.5, 0.6) is 0 Å². The summed E-state index contributed by atoms with van der Waals surface area (Å²) >= 11 is 3.39. The second-order valence-electron chi connectivity index (χ2n) is 4.30. The fourth-order valence-corrected chi connectivity index (χ4v) is 1.81. The average Bonchev–Trinajstić information content (AvgIpc) is 2.28. The number of nitrogens with zero attached hydrogens (tertiary/aromatic N) is 2. The van der Waals surface area contributed by atoms with Gasteiger partial charge in [0, 0.05) is 25.1 Å². The predicted octanol–water partition coefficient (Wildman–Crippen LogP) is 2.94. The Hall–Kier alpha value is -0.680. The van der Waals surface area contributed by atoms with Gasteiger partial charge < -0.3 is 10.4 Å². The van der Waals surface area contributed by atoms with Crippen LogP contribution in [0, 0.1) is 0 Å². The minimum Gasteiger partial charge on any atom is -0.396 e. The lowest BCUT2D eigenvalue weighted by molar-refractivity contribution is 0.283. The summed E-state index contributed by atoms with van der Waals surface area (Å²) in [4.78, 5) is 8.77. The topological polar surface area (TPSA) is 58.0 Å². The van der Waals surface area contributed by atoms with Crippen molar-refractivity contribution in [1.82, 2.24) is 9.97 Å². The van der Waals surface area contributed by atoms with Gasteiger partial charge in [0.15, 0.2) is 0 Å². The molecule has 17 heavy (non-hydrogen) atoms. The summed E-state index contributed by atoms with van der Waals surface area (Å²) in [5.74, 6) is 2.03. The molecule has 0 aliphatic rings. The van der Waals surface area contributed by atoms with E-state index in [4.69, 9.17) is 5.11 Å². The summed E-state index contributed by atoms with van der Waals surface area (Å²) < 4.78 is 0.814. The number of hydrogen-bond acceptors (Lipinski definition) is 4. The van der Waals surface area contributed by atoms with E-state index >= 15 is 0 Å². The molecular weight excluding hydrogens is 282 g/mol. The summed E-state index contributed by atoms with van der Waals surface area (Å²) in [6.07, 6.45) is 2.94. The number of aromatic nitrogens is 2. The van der Waals surface area contributed by atoms with Gasteiger partial charge in [0.05, 0.1) is 0 Å². The normalized spacial score (nSPS) is 10.9. The molecule has 1 aromatic heterocycles. The third-order valence-electron chi connectivity index (χ3n) is 2.37. The van der Waals surface area contributed by atoms with Crippen LogP contribution >= 0.6 is 15.9 Å². The highest BCUT2D eigenvalue weighted by Gasteiger charge is 2.06. The van der Waals surface area contributed by atoms with Gasteiger partial charge in [-0.3, -0.25) is 0 Å². The Labute approximate surface area is 111 Å². The number of rotatable bonds is 7. The maximum Gasteiger partial charge on any atom is 0.134 e. The fraction of sp³-hybridized carbons (Fsp3) is 0.667. The number of aliphatic hydroxyl groups excluding tert-OH is 1. The first-order chi connectivity index (χ1) is 8.13. The van der Waals surface area contributed by atoms with Crippen molar-refractivity contribution in [3.63, 3.8) is 0 Å². The number of nitrogens with one attached hydrogen (secondary N) is 1. The first-order valence-corrected chi connectivity index (χ1v) is 6.82. The number of aliphatic hydroxyl groups is 1. The maximum absolute atomic E-state index is 8.67. The molecule has 5 heteroatoms. The van der Waals surface area contributed by atoms with Crippen LogP contribution in [0.25, 0.3) is 0 Å². The second-order valence-corrected chi connectivity index (χ2v) is 5.11. The third kappa shape index (κ3) is 5.46. The van der Waals surface area contributed by atoms with Crippen molar-refractivity contribution in [1.29, 1.82) is 0 Å². The zero-order chi connectivity index (χ0) is 12.7. The molecule has 0 unspecified atom stereocenters. The van der Waals surface area contributed by atoms with Gasteiger partial charge in [-0.05, 0) is 35.2 Å². The van der Waals surface area contributed by atoms with E-state index in [9.17, 15) is 0 Å². The van der Waals surface area contributed by atoms with Crippen molar-refractivity contribution in [3.05, 3.63) is 16.5 Å². The standard InChI is InChI=1S/C12H20BrN3O/c1-9(2)12-15-10(13)8-11(16-12)14-6-4-3-5-7-17/h8-9,17H,3-7H2,1-2H3,(H,14,15,16). The van der Waals surface area contributed by atoms with E-state index in [-0.39, 0.29) is 6.61 Å². The summed E-state index contributed by atoms with van der Waals surface area (Å²) in [5.41, 5.74) is 0. The van der Waals surface area contributed by atoms with Crippen molar-refractivity contribution < 1.29 is 5.11 Å². The molecule has 0 amide bonds. The van der Waals surface area contributed by atoms with Crippen molar-refractivity contribution in [2.45, 2.75) is 39.0 Å². The quantitative estimate of drug-likeness (QED) is 0.600. The number of halogens is 1. The first-order valence-electron chi connectivity index (χ1n) is 6.02. The molecule has 0 spiro atoms. The summed E-state index contributed by atoms with van der Waals surface area (Å²) in [5, 5.41) is 11.9. The van der Waals surface area contributed by atoms with Crippen molar-refractivity contribution in [2.75, 3.05) is 18.5 Å². The van der Waals surface area contributed by atoms with E-state index < -0.39 is 0 Å². The molecule has 4 nitrogen and oxygen atoms in total. The molecule has 0 saturated heterocycles. The Kier molecular flexibility index (Phi) is 6.44. The van der Waals surface area contributed by atoms with Gasteiger partial charge in [0.25, 0.3) is 0 Å². The molecule has 1 heterocycles. The summed E-state index contributed by atoms with van der Waals surface area (Å²) in [6.45, 7) is 5.30. The maximum atomic E-state index is 8.67. The lowest BCUT2D eigenvalue weighted by Gasteiger charge is -2.09. The van der Waals surface area contributed by atoms with Crippen LogP contribution in [0.15, 0.2) is 10.7 Å². The Morgan fingerprint density at radius 1 is 1.29 bits per heavy atom.